The van der Waals surface area contributed by atoms with Crippen molar-refractivity contribution < 1.29 is 4.42 Å². The summed E-state index contributed by atoms with van der Waals surface area (Å²) in [6, 6.07) is 83.2. The zero-order valence-corrected chi connectivity index (χ0v) is 37.2. The third kappa shape index (κ3) is 6.16. The van der Waals surface area contributed by atoms with Crippen LogP contribution in [0.3, 0.4) is 0 Å². The van der Waals surface area contributed by atoms with Crippen LogP contribution in [0.2, 0.25) is 0 Å². The topological polar surface area (TPSA) is 61.7 Å². The van der Waals surface area contributed by atoms with E-state index in [1.54, 1.807) is 0 Å². The molecule has 14 rings (SSSR count). The first kappa shape index (κ1) is 38.8. The quantitative estimate of drug-likeness (QED) is 0.160. The maximum absolute atomic E-state index is 6.89. The lowest BCUT2D eigenvalue weighted by Crippen LogP contribution is -2.07. The van der Waals surface area contributed by atoms with Crippen molar-refractivity contribution in [2.45, 2.75) is 0 Å². The molecule has 10 aromatic carbocycles. The zero-order chi connectivity index (χ0) is 45.4. The van der Waals surface area contributed by atoms with Crippen molar-refractivity contribution in [2.75, 3.05) is 0 Å². The van der Waals surface area contributed by atoms with Crippen LogP contribution in [-0.4, -0.2) is 24.1 Å². The molecule has 0 saturated carbocycles. The number of aromatic nitrogens is 5. The first-order valence-electron chi connectivity index (χ1n) is 23.3. The minimum absolute atomic E-state index is 0.505. The summed E-state index contributed by atoms with van der Waals surface area (Å²) < 4.78 is 11.6. The second-order valence-corrected chi connectivity index (χ2v) is 17.5. The summed E-state index contributed by atoms with van der Waals surface area (Å²) >= 11 is 0. The Kier molecular flexibility index (Phi) is 8.79. The molecule has 4 heterocycles. The van der Waals surface area contributed by atoms with Crippen molar-refractivity contribution in [2.24, 2.45) is 0 Å². The van der Waals surface area contributed by atoms with Crippen LogP contribution < -0.4 is 0 Å². The van der Waals surface area contributed by atoms with Crippen LogP contribution in [0.15, 0.2) is 241 Å². The third-order valence-electron chi connectivity index (χ3n) is 13.6. The molecule has 0 atom stereocenters. The van der Waals surface area contributed by atoms with Gasteiger partial charge in [0.05, 0.1) is 27.6 Å². The van der Waals surface area contributed by atoms with E-state index in [4.69, 9.17) is 19.4 Å². The first-order chi connectivity index (χ1) is 34.2. The fraction of sp³-hybridized carbons (Fsp3) is 0. The second-order valence-electron chi connectivity index (χ2n) is 17.5. The summed E-state index contributed by atoms with van der Waals surface area (Å²) in [5, 5.41) is 6.56. The molecule has 6 nitrogen and oxygen atoms in total. The van der Waals surface area contributed by atoms with Gasteiger partial charge in [0.15, 0.2) is 11.6 Å². The maximum Gasteiger partial charge on any atom is 0.238 e. The number of hydrogen-bond donors (Lipinski definition) is 0. The van der Waals surface area contributed by atoms with Crippen LogP contribution in [0.4, 0.5) is 0 Å². The van der Waals surface area contributed by atoms with E-state index in [2.05, 4.69) is 228 Å². The summed E-state index contributed by atoms with van der Waals surface area (Å²) in [5.74, 6) is 1.58. The van der Waals surface area contributed by atoms with Crippen LogP contribution in [-0.2, 0) is 0 Å². The van der Waals surface area contributed by atoms with Gasteiger partial charge >= 0.3 is 0 Å². The Hall–Kier alpha value is -9.39. The molecule has 0 bridgehead atoms. The zero-order valence-electron chi connectivity index (χ0n) is 37.2. The maximum atomic E-state index is 6.89. The van der Waals surface area contributed by atoms with Gasteiger partial charge in [-0.1, -0.05) is 200 Å². The number of hydrogen-bond acceptors (Lipinski definition) is 4. The molecule has 0 saturated heterocycles. The average Bonchev–Trinajstić information content (AvgIpc) is 4.10. The predicted molar refractivity (Wildman–Crippen MR) is 283 cm³/mol. The van der Waals surface area contributed by atoms with E-state index in [1.165, 1.54) is 10.9 Å². The highest BCUT2D eigenvalue weighted by Crippen LogP contribution is 2.44. The van der Waals surface area contributed by atoms with Gasteiger partial charge in [-0.15, -0.1) is 0 Å². The normalized spacial score (nSPS) is 11.8. The lowest BCUT2D eigenvalue weighted by atomic mass is 9.98. The highest BCUT2D eigenvalue weighted by Gasteiger charge is 2.25. The molecule has 0 aliphatic rings. The van der Waals surface area contributed by atoms with Crippen molar-refractivity contribution in [3.05, 3.63) is 237 Å². The molecular weight excluding hydrogens is 843 g/mol. The van der Waals surface area contributed by atoms with Crippen LogP contribution in [0, 0.1) is 0 Å². The van der Waals surface area contributed by atoms with Gasteiger partial charge in [-0.05, 0) is 69.8 Å². The summed E-state index contributed by atoms with van der Waals surface area (Å²) in [5.41, 5.74) is 15.1. The molecule has 0 N–H and O–H groups in total. The molecule has 0 aliphatic heterocycles. The predicted octanol–water partition coefficient (Wildman–Crippen LogP) is 16.3. The van der Waals surface area contributed by atoms with E-state index in [9.17, 15) is 0 Å². The Bertz CT molecular complexity index is 4280. The van der Waals surface area contributed by atoms with Crippen LogP contribution in [0.5, 0.6) is 0 Å². The molecule has 0 fully saturated rings. The Balaban J connectivity index is 1.08. The van der Waals surface area contributed by atoms with Gasteiger partial charge in [0.25, 0.3) is 0 Å². The second kappa shape index (κ2) is 15.6. The molecule has 0 spiro atoms. The lowest BCUT2D eigenvalue weighted by molar-refractivity contribution is 0.669. The number of fused-ring (bicyclic) bond motifs is 10. The van der Waals surface area contributed by atoms with Gasteiger partial charge in [0.1, 0.15) is 11.2 Å². The van der Waals surface area contributed by atoms with Gasteiger partial charge < -0.3 is 8.98 Å². The van der Waals surface area contributed by atoms with E-state index in [0.717, 1.165) is 105 Å². The van der Waals surface area contributed by atoms with E-state index in [0.29, 0.717) is 17.6 Å². The van der Waals surface area contributed by atoms with E-state index in [1.807, 2.05) is 18.2 Å². The number of rotatable bonds is 7. The monoisotopic (exact) mass is 881 g/mol. The van der Waals surface area contributed by atoms with Gasteiger partial charge in [-0.3, -0.25) is 4.57 Å². The van der Waals surface area contributed by atoms with Gasteiger partial charge in [0.2, 0.25) is 5.95 Å². The Morgan fingerprint density at radius 2 is 0.783 bits per heavy atom. The standard InChI is InChI=1S/C63H39N5O/c1-4-18-40(19-5-1)41-34-36-44(37-35-41)67-54-31-14-12-25-47(54)49-38-39-50-48-26-13-15-32-55(48)68(59(50)58(49)67)63-65-61(51-27-11-10-24-45(51)42-20-6-2-7-21-42)64-62(66-63)53-30-16-29-52-57-46(43-22-8-3-9-23-43)28-17-33-56(57)69-60(52)53/h1-39H. The van der Waals surface area contributed by atoms with Gasteiger partial charge in [-0.25, -0.2) is 4.98 Å². The molecule has 0 radical (unpaired) electrons. The molecule has 0 unspecified atom stereocenters. The van der Waals surface area contributed by atoms with E-state index in [-0.39, 0.29) is 0 Å². The first-order valence-corrected chi connectivity index (χ1v) is 23.3. The molecule has 0 aliphatic carbocycles. The highest BCUT2D eigenvalue weighted by molar-refractivity contribution is 6.24. The third-order valence-corrected chi connectivity index (χ3v) is 13.6. The Labute approximate surface area is 396 Å². The van der Waals surface area contributed by atoms with Crippen molar-refractivity contribution in [1.82, 2.24) is 24.1 Å². The van der Waals surface area contributed by atoms with Crippen LogP contribution >= 0.6 is 0 Å². The SMILES string of the molecule is c1ccc(-c2ccc(-n3c4ccccc4c4ccc5c6ccccc6n(-c6nc(-c7ccccc7-c7ccccc7)nc(-c7cccc8c7oc7cccc(-c9ccccc9)c78)n6)c5c43)cc2)cc1. The van der Waals surface area contributed by atoms with Gasteiger partial charge in [-0.2, -0.15) is 9.97 Å². The number of nitrogens with zero attached hydrogens (tertiary/aromatic N) is 5. The highest BCUT2D eigenvalue weighted by atomic mass is 16.3. The van der Waals surface area contributed by atoms with Gasteiger partial charge in [0, 0.05) is 43.6 Å². The minimum atomic E-state index is 0.505. The number of para-hydroxylation sites is 3. The minimum Gasteiger partial charge on any atom is -0.455 e. The summed E-state index contributed by atoms with van der Waals surface area (Å²) in [7, 11) is 0. The van der Waals surface area contributed by atoms with Crippen molar-refractivity contribution >= 4 is 65.6 Å². The molecule has 69 heavy (non-hydrogen) atoms. The summed E-state index contributed by atoms with van der Waals surface area (Å²) in [6.45, 7) is 0. The molecule has 14 aromatic rings. The molecule has 322 valence electrons. The van der Waals surface area contributed by atoms with Crippen molar-refractivity contribution in [3.63, 3.8) is 0 Å². The Morgan fingerprint density at radius 1 is 0.304 bits per heavy atom. The molecular formula is C63H39N5O. The van der Waals surface area contributed by atoms with E-state index < -0.39 is 0 Å². The number of furan rings is 1. The Morgan fingerprint density at radius 3 is 1.46 bits per heavy atom. The smallest absolute Gasteiger partial charge is 0.238 e. The molecule has 0 amide bonds. The summed E-state index contributed by atoms with van der Waals surface area (Å²) in [4.78, 5) is 16.5. The fourth-order valence-corrected chi connectivity index (χ4v) is 10.5. The largest absolute Gasteiger partial charge is 0.455 e. The van der Waals surface area contributed by atoms with E-state index >= 15 is 0 Å². The van der Waals surface area contributed by atoms with Crippen molar-refractivity contribution in [3.8, 4) is 67.8 Å². The fourth-order valence-electron chi connectivity index (χ4n) is 10.5. The van der Waals surface area contributed by atoms with Crippen molar-refractivity contribution in [1.29, 1.82) is 0 Å². The van der Waals surface area contributed by atoms with Crippen LogP contribution in [0.1, 0.15) is 0 Å². The molecule has 6 heteroatoms. The number of benzene rings is 10. The lowest BCUT2D eigenvalue weighted by Gasteiger charge is -2.15. The van der Waals surface area contributed by atoms with Crippen LogP contribution in [0.25, 0.3) is 133 Å². The summed E-state index contributed by atoms with van der Waals surface area (Å²) in [6.07, 6.45) is 0. The average molecular weight is 882 g/mol. The molecule has 4 aromatic heterocycles.